The fourth-order valence-corrected chi connectivity index (χ4v) is 5.45. The largest absolute Gasteiger partial charge is 0.490 e. The molecule has 0 N–H and O–H groups in total. The van der Waals surface area contributed by atoms with Crippen LogP contribution in [0.15, 0.2) is 39.7 Å². The predicted molar refractivity (Wildman–Crippen MR) is 147 cm³/mol. The van der Waals surface area contributed by atoms with E-state index in [-0.39, 0.29) is 35.5 Å². The van der Waals surface area contributed by atoms with Crippen molar-refractivity contribution in [2.24, 2.45) is 0 Å². The lowest BCUT2D eigenvalue weighted by molar-refractivity contribution is -0.143. The van der Waals surface area contributed by atoms with Crippen LogP contribution in [0.4, 0.5) is 4.39 Å². The molecule has 1 fully saturated rings. The van der Waals surface area contributed by atoms with Crippen LogP contribution in [-0.4, -0.2) is 40.9 Å². The van der Waals surface area contributed by atoms with Crippen molar-refractivity contribution in [1.29, 1.82) is 0 Å². The summed E-state index contributed by atoms with van der Waals surface area (Å²) >= 11 is 16.2. The zero-order chi connectivity index (χ0) is 26.2. The number of hydrogen-bond donors (Lipinski definition) is 0. The van der Waals surface area contributed by atoms with Gasteiger partial charge in [0.1, 0.15) is 16.7 Å². The average Bonchev–Trinajstić information content (AvgIpc) is 3.07. The summed E-state index contributed by atoms with van der Waals surface area (Å²) in [5.74, 6) is -0.170. The number of esters is 1. The number of ether oxygens (including phenoxy) is 3. The van der Waals surface area contributed by atoms with Gasteiger partial charge in [-0.3, -0.25) is 14.5 Å². The molecule has 0 radical (unpaired) electrons. The summed E-state index contributed by atoms with van der Waals surface area (Å²) in [6.07, 6.45) is 2.39. The maximum atomic E-state index is 14.2. The number of rotatable bonds is 11. The molecule has 11 heteroatoms. The first-order chi connectivity index (χ1) is 17.2. The van der Waals surface area contributed by atoms with Crippen molar-refractivity contribution in [3.8, 4) is 11.5 Å². The molecule has 1 saturated heterocycles. The Morgan fingerprint density at radius 2 is 2.03 bits per heavy atom. The normalized spacial score (nSPS) is 14.5. The van der Waals surface area contributed by atoms with Gasteiger partial charge in [-0.1, -0.05) is 41.6 Å². The van der Waals surface area contributed by atoms with Gasteiger partial charge in [-0.05, 0) is 72.1 Å². The Kier molecular flexibility index (Phi) is 10.6. The Morgan fingerprint density at radius 1 is 1.25 bits per heavy atom. The molecule has 0 aromatic heterocycles. The minimum Gasteiger partial charge on any atom is -0.490 e. The highest BCUT2D eigenvalue weighted by atomic mass is 79.9. The molecule has 1 aliphatic heterocycles. The quantitative estimate of drug-likeness (QED) is 0.157. The van der Waals surface area contributed by atoms with Gasteiger partial charge in [0, 0.05) is 18.5 Å². The molecule has 0 bridgehead atoms. The van der Waals surface area contributed by atoms with Crippen molar-refractivity contribution in [2.75, 3.05) is 19.8 Å². The summed E-state index contributed by atoms with van der Waals surface area (Å²) in [6.45, 7) is 4.52. The molecule has 0 aliphatic carbocycles. The van der Waals surface area contributed by atoms with Crippen molar-refractivity contribution in [3.05, 3.63) is 61.7 Å². The number of thiocarbonyl (C=S) groups is 1. The molecule has 1 heterocycles. The van der Waals surface area contributed by atoms with Crippen molar-refractivity contribution in [3.63, 3.8) is 0 Å². The molecule has 0 spiro atoms. The topological polar surface area (TPSA) is 65.1 Å². The molecule has 0 unspecified atom stereocenters. The lowest BCUT2D eigenvalue weighted by Crippen LogP contribution is -2.29. The lowest BCUT2D eigenvalue weighted by atomic mass is 10.1. The van der Waals surface area contributed by atoms with E-state index in [1.165, 1.54) is 28.8 Å². The van der Waals surface area contributed by atoms with Crippen LogP contribution in [0, 0.1) is 5.82 Å². The molecule has 3 rings (SSSR count). The van der Waals surface area contributed by atoms with Crippen LogP contribution < -0.4 is 9.47 Å². The fraction of sp³-hybridized carbons (Fsp3) is 0.320. The molecule has 2 aromatic carbocycles. The third kappa shape index (κ3) is 7.21. The third-order valence-electron chi connectivity index (χ3n) is 4.99. The summed E-state index contributed by atoms with van der Waals surface area (Å²) in [4.78, 5) is 26.4. The molecule has 36 heavy (non-hydrogen) atoms. The highest BCUT2D eigenvalue weighted by Crippen LogP contribution is 2.40. The zero-order valence-corrected chi connectivity index (χ0v) is 23.6. The number of nitrogens with zero attached hydrogens (tertiary/aromatic N) is 1. The van der Waals surface area contributed by atoms with Gasteiger partial charge in [-0.15, -0.1) is 0 Å². The van der Waals surface area contributed by atoms with E-state index in [1.54, 1.807) is 31.2 Å². The second kappa shape index (κ2) is 13.4. The summed E-state index contributed by atoms with van der Waals surface area (Å²) < 4.78 is 31.7. The van der Waals surface area contributed by atoms with E-state index in [4.69, 9.17) is 38.0 Å². The summed E-state index contributed by atoms with van der Waals surface area (Å²) in [5.41, 5.74) is 0.929. The molecule has 0 atom stereocenters. The monoisotopic (exact) mass is 615 g/mol. The first-order valence-electron chi connectivity index (χ1n) is 11.2. The van der Waals surface area contributed by atoms with Crippen LogP contribution in [-0.2, 0) is 20.9 Å². The van der Waals surface area contributed by atoms with E-state index in [9.17, 15) is 14.0 Å². The smallest absolute Gasteiger partial charge is 0.305 e. The predicted octanol–water partition coefficient (Wildman–Crippen LogP) is 6.76. The number of carbonyl (C=O) groups is 2. The first-order valence-corrected chi connectivity index (χ1v) is 13.6. The van der Waals surface area contributed by atoms with Gasteiger partial charge in [0.2, 0.25) is 0 Å². The van der Waals surface area contributed by atoms with Gasteiger partial charge in [-0.25, -0.2) is 4.39 Å². The van der Waals surface area contributed by atoms with Gasteiger partial charge in [0.05, 0.1) is 27.6 Å². The molecule has 1 amide bonds. The molecule has 1 aliphatic rings. The summed E-state index contributed by atoms with van der Waals surface area (Å²) in [7, 11) is 0. The van der Waals surface area contributed by atoms with Gasteiger partial charge >= 0.3 is 5.97 Å². The van der Waals surface area contributed by atoms with E-state index in [0.29, 0.717) is 56.9 Å². The molecular weight excluding hydrogens is 593 g/mol. The van der Waals surface area contributed by atoms with Crippen LogP contribution in [0.25, 0.3) is 6.08 Å². The Labute approximate surface area is 232 Å². The Morgan fingerprint density at radius 3 is 2.72 bits per heavy atom. The molecular formula is C25H24BrClFNO5S2. The maximum absolute atomic E-state index is 14.2. The summed E-state index contributed by atoms with van der Waals surface area (Å²) in [6, 6.07) is 7.95. The lowest BCUT2D eigenvalue weighted by Gasteiger charge is -2.16. The van der Waals surface area contributed by atoms with Crippen LogP contribution in [0.3, 0.4) is 0 Å². The van der Waals surface area contributed by atoms with Crippen molar-refractivity contribution < 1.29 is 28.2 Å². The van der Waals surface area contributed by atoms with Gasteiger partial charge < -0.3 is 14.2 Å². The van der Waals surface area contributed by atoms with E-state index in [1.807, 2.05) is 6.92 Å². The molecule has 192 valence electrons. The Bertz CT molecular complexity index is 1170. The van der Waals surface area contributed by atoms with Gasteiger partial charge in [-0.2, -0.15) is 0 Å². The number of carbonyl (C=O) groups excluding carboxylic acids is 2. The second-order valence-corrected chi connectivity index (χ2v) is 10.4. The number of amides is 1. The van der Waals surface area contributed by atoms with Crippen molar-refractivity contribution >= 4 is 73.8 Å². The number of thioether (sulfide) groups is 1. The summed E-state index contributed by atoms with van der Waals surface area (Å²) in [5, 5.41) is 0.269. The minimum absolute atomic E-state index is 0.0893. The number of hydrogen-bond acceptors (Lipinski definition) is 7. The minimum atomic E-state index is -0.461. The van der Waals surface area contributed by atoms with Crippen molar-refractivity contribution in [2.45, 2.75) is 33.3 Å². The highest BCUT2D eigenvalue weighted by molar-refractivity contribution is 9.10. The molecule has 6 nitrogen and oxygen atoms in total. The fourth-order valence-electron chi connectivity index (χ4n) is 3.35. The SMILES string of the molecule is CCOC(=O)CCCN1C(=O)/C(=C\c2cc(Br)c(OCc3c(F)cccc3Cl)c(OCC)c2)SC1=S. The average molecular weight is 617 g/mol. The second-order valence-electron chi connectivity index (χ2n) is 7.49. The standard InChI is InChI=1S/C25H24BrClFNO5S2/c1-3-32-20-12-15(11-17(26)23(20)34-14-16-18(27)7-5-8-19(16)28)13-21-24(31)29(25(35)36-21)10-6-9-22(30)33-4-2/h5,7-8,11-13H,3-4,6,9-10,14H2,1-2H3/b21-13+. The van der Waals surface area contributed by atoms with Crippen LogP contribution in [0.1, 0.15) is 37.8 Å². The Hall–Kier alpha value is -2.14. The first kappa shape index (κ1) is 28.4. The van der Waals surface area contributed by atoms with Crippen LogP contribution in [0.5, 0.6) is 11.5 Å². The maximum Gasteiger partial charge on any atom is 0.305 e. The molecule has 2 aromatic rings. The van der Waals surface area contributed by atoms with Crippen LogP contribution in [0.2, 0.25) is 5.02 Å². The molecule has 0 saturated carbocycles. The number of benzene rings is 2. The van der Waals surface area contributed by atoms with Gasteiger partial charge in [0.25, 0.3) is 5.91 Å². The van der Waals surface area contributed by atoms with Crippen LogP contribution >= 0.6 is 51.5 Å². The van der Waals surface area contributed by atoms with E-state index < -0.39 is 5.82 Å². The van der Waals surface area contributed by atoms with E-state index in [0.717, 1.165) is 0 Å². The third-order valence-corrected chi connectivity index (χ3v) is 7.31. The van der Waals surface area contributed by atoms with Gasteiger partial charge in [0.15, 0.2) is 11.5 Å². The number of halogens is 3. The van der Waals surface area contributed by atoms with E-state index >= 15 is 0 Å². The van der Waals surface area contributed by atoms with E-state index in [2.05, 4.69) is 15.9 Å². The van der Waals surface area contributed by atoms with Crippen molar-refractivity contribution in [1.82, 2.24) is 4.90 Å². The Balaban J connectivity index is 1.77. The zero-order valence-electron chi connectivity index (χ0n) is 19.6. The highest BCUT2D eigenvalue weighted by Gasteiger charge is 2.32.